The van der Waals surface area contributed by atoms with Crippen LogP contribution in [0.3, 0.4) is 0 Å². The molecule has 2 fully saturated rings. The molecule has 0 spiro atoms. The van der Waals surface area contributed by atoms with Crippen molar-refractivity contribution in [1.82, 2.24) is 0 Å². The zero-order valence-electron chi connectivity index (χ0n) is 10.6. The van der Waals surface area contributed by atoms with E-state index in [2.05, 4.69) is 12.1 Å². The summed E-state index contributed by atoms with van der Waals surface area (Å²) in [4.78, 5) is 0. The van der Waals surface area contributed by atoms with Gasteiger partial charge in [0.05, 0.1) is 12.1 Å². The maximum absolute atomic E-state index is 8.87. The van der Waals surface area contributed by atoms with Gasteiger partial charge in [-0.2, -0.15) is 10.5 Å². The van der Waals surface area contributed by atoms with Crippen LogP contribution in [0.5, 0.6) is 0 Å². The highest BCUT2D eigenvalue weighted by molar-refractivity contribution is 4.90. The standard InChI is InChI=1S/C15H22N2/c16-10-14-5-1-12(2-6-14)9-13-3-7-15(11-17)8-4-13/h12-15H,1-9H2. The van der Waals surface area contributed by atoms with E-state index in [1.807, 2.05) is 0 Å². The van der Waals surface area contributed by atoms with Gasteiger partial charge in [-0.3, -0.25) is 0 Å². The maximum atomic E-state index is 8.87. The number of hydrogen-bond donors (Lipinski definition) is 0. The van der Waals surface area contributed by atoms with E-state index in [4.69, 9.17) is 10.5 Å². The van der Waals surface area contributed by atoms with E-state index in [1.165, 1.54) is 32.1 Å². The second kappa shape index (κ2) is 6.06. The molecule has 0 bridgehead atoms. The third kappa shape index (κ3) is 3.47. The van der Waals surface area contributed by atoms with Crippen molar-refractivity contribution in [1.29, 1.82) is 10.5 Å². The van der Waals surface area contributed by atoms with Crippen LogP contribution in [0.4, 0.5) is 0 Å². The van der Waals surface area contributed by atoms with Crippen molar-refractivity contribution < 1.29 is 0 Å². The third-order valence-electron chi connectivity index (χ3n) is 4.73. The van der Waals surface area contributed by atoms with E-state index < -0.39 is 0 Å². The number of nitriles is 2. The van der Waals surface area contributed by atoms with E-state index in [-0.39, 0.29) is 0 Å². The van der Waals surface area contributed by atoms with Crippen LogP contribution in [0.1, 0.15) is 57.8 Å². The van der Waals surface area contributed by atoms with Gasteiger partial charge in [0.15, 0.2) is 0 Å². The second-order valence-electron chi connectivity index (χ2n) is 5.93. The van der Waals surface area contributed by atoms with Crippen LogP contribution < -0.4 is 0 Å². The Balaban J connectivity index is 1.69. The Morgan fingerprint density at radius 1 is 0.647 bits per heavy atom. The third-order valence-corrected chi connectivity index (χ3v) is 4.73. The van der Waals surface area contributed by atoms with Gasteiger partial charge in [-0.05, 0) is 69.6 Å². The molecule has 17 heavy (non-hydrogen) atoms. The van der Waals surface area contributed by atoms with Crippen LogP contribution in [-0.2, 0) is 0 Å². The van der Waals surface area contributed by atoms with Gasteiger partial charge in [0.25, 0.3) is 0 Å². The average molecular weight is 230 g/mol. The Bertz CT molecular complexity index is 275. The Morgan fingerprint density at radius 3 is 1.29 bits per heavy atom. The predicted molar refractivity (Wildman–Crippen MR) is 66.7 cm³/mol. The minimum absolute atomic E-state index is 0.334. The fraction of sp³-hybridized carbons (Fsp3) is 0.867. The maximum Gasteiger partial charge on any atom is 0.0655 e. The molecule has 0 atom stereocenters. The lowest BCUT2D eigenvalue weighted by Crippen LogP contribution is -2.20. The van der Waals surface area contributed by atoms with Gasteiger partial charge < -0.3 is 0 Å². The normalized spacial score (nSPS) is 38.0. The van der Waals surface area contributed by atoms with Gasteiger partial charge in [0.1, 0.15) is 0 Å². The molecule has 0 aliphatic heterocycles. The van der Waals surface area contributed by atoms with Gasteiger partial charge >= 0.3 is 0 Å². The van der Waals surface area contributed by atoms with Crippen molar-refractivity contribution >= 4 is 0 Å². The topological polar surface area (TPSA) is 47.6 Å². The summed E-state index contributed by atoms with van der Waals surface area (Å²) in [5.74, 6) is 2.40. The first-order valence-electron chi connectivity index (χ1n) is 7.11. The lowest BCUT2D eigenvalue weighted by molar-refractivity contribution is 0.216. The fourth-order valence-electron chi connectivity index (χ4n) is 3.53. The van der Waals surface area contributed by atoms with Gasteiger partial charge in [-0.15, -0.1) is 0 Å². The van der Waals surface area contributed by atoms with Gasteiger partial charge in [0.2, 0.25) is 0 Å². The Hall–Kier alpha value is -1.02. The highest BCUT2D eigenvalue weighted by Gasteiger charge is 2.26. The predicted octanol–water partition coefficient (Wildman–Crippen LogP) is 4.04. The van der Waals surface area contributed by atoms with E-state index in [0.29, 0.717) is 11.8 Å². The highest BCUT2D eigenvalue weighted by Crippen LogP contribution is 2.37. The number of hydrogen-bond acceptors (Lipinski definition) is 2. The average Bonchev–Trinajstić information content (AvgIpc) is 2.40. The second-order valence-corrected chi connectivity index (χ2v) is 5.93. The number of nitrogens with zero attached hydrogens (tertiary/aromatic N) is 2. The molecule has 0 aromatic carbocycles. The molecule has 92 valence electrons. The molecule has 0 aromatic rings. The van der Waals surface area contributed by atoms with Crippen LogP contribution in [0, 0.1) is 46.3 Å². The zero-order valence-corrected chi connectivity index (χ0v) is 10.6. The Labute approximate surface area is 105 Å². The first-order chi connectivity index (χ1) is 8.31. The molecular formula is C15H22N2. The summed E-state index contributed by atoms with van der Waals surface area (Å²) in [7, 11) is 0. The fourth-order valence-corrected chi connectivity index (χ4v) is 3.53. The molecule has 2 heteroatoms. The van der Waals surface area contributed by atoms with Crippen LogP contribution >= 0.6 is 0 Å². The Morgan fingerprint density at radius 2 is 1.00 bits per heavy atom. The van der Waals surface area contributed by atoms with E-state index in [9.17, 15) is 0 Å². The molecule has 2 aliphatic carbocycles. The summed E-state index contributed by atoms with van der Waals surface area (Å²) in [6, 6.07) is 4.81. The molecule has 0 heterocycles. The molecule has 0 amide bonds. The summed E-state index contributed by atoms with van der Waals surface area (Å²) in [6.45, 7) is 0. The van der Waals surface area contributed by atoms with Crippen LogP contribution in [0.25, 0.3) is 0 Å². The molecule has 2 saturated carbocycles. The van der Waals surface area contributed by atoms with E-state index in [1.54, 1.807) is 0 Å². The van der Waals surface area contributed by atoms with Gasteiger partial charge in [0, 0.05) is 11.8 Å². The quantitative estimate of drug-likeness (QED) is 0.718. The van der Waals surface area contributed by atoms with E-state index >= 15 is 0 Å². The SMILES string of the molecule is N#CC1CCC(CC2CCC(C#N)CC2)CC1. The van der Waals surface area contributed by atoms with Crippen LogP contribution in [0.15, 0.2) is 0 Å². The molecular weight excluding hydrogens is 208 g/mol. The molecule has 2 nitrogen and oxygen atoms in total. The molecule has 0 radical (unpaired) electrons. The van der Waals surface area contributed by atoms with Crippen molar-refractivity contribution in [2.24, 2.45) is 23.7 Å². The lowest BCUT2D eigenvalue weighted by atomic mass is 9.74. The summed E-state index contributed by atoms with van der Waals surface area (Å²) < 4.78 is 0. The highest BCUT2D eigenvalue weighted by atomic mass is 14.3. The molecule has 2 aliphatic rings. The zero-order chi connectivity index (χ0) is 12.1. The molecule has 0 saturated heterocycles. The minimum Gasteiger partial charge on any atom is -0.198 e. The monoisotopic (exact) mass is 230 g/mol. The first kappa shape index (κ1) is 12.4. The molecule has 0 aromatic heterocycles. The summed E-state index contributed by atoms with van der Waals surface area (Å²) in [5.41, 5.74) is 0. The van der Waals surface area contributed by atoms with Crippen molar-refractivity contribution in [3.63, 3.8) is 0 Å². The summed E-state index contributed by atoms with van der Waals surface area (Å²) >= 11 is 0. The Kier molecular flexibility index (Phi) is 4.43. The van der Waals surface area contributed by atoms with Gasteiger partial charge in [-0.25, -0.2) is 0 Å². The van der Waals surface area contributed by atoms with Crippen LogP contribution in [-0.4, -0.2) is 0 Å². The molecule has 2 rings (SSSR count). The largest absolute Gasteiger partial charge is 0.198 e. The van der Waals surface area contributed by atoms with Crippen molar-refractivity contribution in [2.45, 2.75) is 57.8 Å². The first-order valence-corrected chi connectivity index (χ1v) is 7.11. The molecule has 0 unspecified atom stereocenters. The van der Waals surface area contributed by atoms with Crippen LogP contribution in [0.2, 0.25) is 0 Å². The van der Waals surface area contributed by atoms with Gasteiger partial charge in [-0.1, -0.05) is 0 Å². The van der Waals surface area contributed by atoms with Crippen molar-refractivity contribution in [2.75, 3.05) is 0 Å². The minimum atomic E-state index is 0.334. The lowest BCUT2D eigenvalue weighted by Gasteiger charge is -2.31. The van der Waals surface area contributed by atoms with Crippen molar-refractivity contribution in [3.05, 3.63) is 0 Å². The summed E-state index contributed by atoms with van der Waals surface area (Å²) in [6.07, 6.45) is 10.9. The smallest absolute Gasteiger partial charge is 0.0655 e. The molecule has 0 N–H and O–H groups in total. The summed E-state index contributed by atoms with van der Waals surface area (Å²) in [5, 5.41) is 17.7. The van der Waals surface area contributed by atoms with E-state index in [0.717, 1.165) is 37.5 Å². The number of rotatable bonds is 2. The van der Waals surface area contributed by atoms with Crippen molar-refractivity contribution in [3.8, 4) is 12.1 Å².